The molecule has 0 aromatic carbocycles. The smallest absolute Gasteiger partial charge is 0.332 e. The highest BCUT2D eigenvalue weighted by atomic mass is 32.1. The van der Waals surface area contributed by atoms with Gasteiger partial charge < -0.3 is 15.2 Å². The van der Waals surface area contributed by atoms with Gasteiger partial charge in [0.05, 0.1) is 0 Å². The third-order valence-electron chi connectivity index (χ3n) is 5.80. The van der Waals surface area contributed by atoms with Gasteiger partial charge in [-0.2, -0.15) is 4.98 Å². The number of nitrogens with zero attached hydrogens (tertiary/aromatic N) is 5. The maximum absolute atomic E-state index is 13.5. The Hall–Kier alpha value is -2.65. The number of aromatic nitrogens is 4. The summed E-state index contributed by atoms with van der Waals surface area (Å²) in [6, 6.07) is 4.08. The van der Waals surface area contributed by atoms with E-state index in [0.29, 0.717) is 43.2 Å². The van der Waals surface area contributed by atoms with Crippen molar-refractivity contribution in [3.05, 3.63) is 54.9 Å². The zero-order chi connectivity index (χ0) is 22.1. The number of aryl methyl sites for hydroxylation is 2. The number of allylic oxidation sites excluding steroid dienone is 2. The van der Waals surface area contributed by atoms with E-state index in [1.165, 1.54) is 9.13 Å². The second-order valence-electron chi connectivity index (χ2n) is 8.45. The molecule has 3 aromatic heterocycles. The molecular formula is C22H30N6O2S. The van der Waals surface area contributed by atoms with Gasteiger partial charge in [-0.1, -0.05) is 17.7 Å². The Bertz CT molecular complexity index is 1210. The Morgan fingerprint density at radius 1 is 1.32 bits per heavy atom. The van der Waals surface area contributed by atoms with Crippen LogP contribution in [0.5, 0.6) is 0 Å². The molecule has 9 heteroatoms. The number of anilines is 1. The Labute approximate surface area is 185 Å². The monoisotopic (exact) mass is 442 g/mol. The molecule has 1 fully saturated rings. The van der Waals surface area contributed by atoms with Crippen LogP contribution in [-0.4, -0.2) is 37.8 Å². The van der Waals surface area contributed by atoms with Gasteiger partial charge in [0.25, 0.3) is 5.56 Å². The summed E-state index contributed by atoms with van der Waals surface area (Å²) in [5, 5.41) is 2.00. The maximum Gasteiger partial charge on any atom is 0.332 e. The lowest BCUT2D eigenvalue weighted by Crippen LogP contribution is -2.44. The van der Waals surface area contributed by atoms with E-state index in [2.05, 4.69) is 11.0 Å². The van der Waals surface area contributed by atoms with Gasteiger partial charge in [0, 0.05) is 44.1 Å². The number of piperidine rings is 1. The molecular weight excluding hydrogens is 412 g/mol. The highest BCUT2D eigenvalue weighted by Crippen LogP contribution is 2.23. The second-order valence-corrected chi connectivity index (χ2v) is 9.48. The highest BCUT2D eigenvalue weighted by molar-refractivity contribution is 7.09. The molecule has 0 amide bonds. The van der Waals surface area contributed by atoms with Crippen LogP contribution in [0.4, 0.5) is 5.95 Å². The molecule has 1 unspecified atom stereocenters. The first-order chi connectivity index (χ1) is 14.9. The van der Waals surface area contributed by atoms with Crippen LogP contribution in [0.3, 0.4) is 0 Å². The molecule has 2 N–H and O–H groups in total. The lowest BCUT2D eigenvalue weighted by molar-refractivity contribution is 0.495. The third-order valence-corrected chi connectivity index (χ3v) is 6.73. The van der Waals surface area contributed by atoms with E-state index in [1.807, 2.05) is 35.9 Å². The fourth-order valence-electron chi connectivity index (χ4n) is 4.11. The van der Waals surface area contributed by atoms with Crippen molar-refractivity contribution < 1.29 is 0 Å². The summed E-state index contributed by atoms with van der Waals surface area (Å²) in [6.07, 6.45) is 4.69. The van der Waals surface area contributed by atoms with Crippen molar-refractivity contribution >= 4 is 28.4 Å². The molecule has 0 aliphatic carbocycles. The van der Waals surface area contributed by atoms with Crippen molar-refractivity contribution in [1.82, 2.24) is 18.7 Å². The summed E-state index contributed by atoms with van der Waals surface area (Å²) in [5.74, 6) is 0.714. The number of imidazole rings is 1. The quantitative estimate of drug-likeness (QED) is 0.591. The van der Waals surface area contributed by atoms with Gasteiger partial charge in [0.1, 0.15) is 0 Å². The molecule has 0 radical (unpaired) electrons. The first-order valence-corrected chi connectivity index (χ1v) is 11.6. The minimum absolute atomic E-state index is 0.0803. The van der Waals surface area contributed by atoms with Crippen molar-refractivity contribution in [2.45, 2.75) is 52.2 Å². The van der Waals surface area contributed by atoms with Gasteiger partial charge in [0.15, 0.2) is 11.2 Å². The van der Waals surface area contributed by atoms with Crippen LogP contribution < -0.4 is 21.9 Å². The van der Waals surface area contributed by atoms with Crippen LogP contribution in [0.2, 0.25) is 0 Å². The minimum Gasteiger partial charge on any atom is -0.341 e. The second kappa shape index (κ2) is 8.84. The van der Waals surface area contributed by atoms with Gasteiger partial charge >= 0.3 is 5.69 Å². The summed E-state index contributed by atoms with van der Waals surface area (Å²) >= 11 is 1.63. The fourth-order valence-corrected chi connectivity index (χ4v) is 4.81. The number of hydrogen-bond acceptors (Lipinski definition) is 6. The van der Waals surface area contributed by atoms with Gasteiger partial charge in [0.2, 0.25) is 5.95 Å². The summed E-state index contributed by atoms with van der Waals surface area (Å²) in [4.78, 5) is 34.6. The van der Waals surface area contributed by atoms with Gasteiger partial charge in [-0.15, -0.1) is 11.3 Å². The first-order valence-electron chi connectivity index (χ1n) is 10.7. The van der Waals surface area contributed by atoms with Gasteiger partial charge in [-0.05, 0) is 44.6 Å². The normalized spacial score (nSPS) is 16.8. The topological polar surface area (TPSA) is 91.1 Å². The SMILES string of the molecule is CC(C)=CCn1c(N2CCCC(N)C2)nc2c1c(=O)n(CCc1cccs1)c(=O)n2C. The molecule has 1 aliphatic heterocycles. The molecule has 1 aliphatic rings. The van der Waals surface area contributed by atoms with Crippen molar-refractivity contribution in [1.29, 1.82) is 0 Å². The predicted molar refractivity (Wildman–Crippen MR) is 126 cm³/mol. The minimum atomic E-state index is -0.331. The molecule has 8 nitrogen and oxygen atoms in total. The molecule has 0 spiro atoms. The van der Waals surface area contributed by atoms with E-state index >= 15 is 0 Å². The van der Waals surface area contributed by atoms with Crippen molar-refractivity contribution in [2.24, 2.45) is 12.8 Å². The summed E-state index contributed by atoms with van der Waals surface area (Å²) in [5.41, 5.74) is 7.66. The average molecular weight is 443 g/mol. The van der Waals surface area contributed by atoms with E-state index in [-0.39, 0.29) is 17.3 Å². The number of hydrogen-bond donors (Lipinski definition) is 1. The largest absolute Gasteiger partial charge is 0.341 e. The maximum atomic E-state index is 13.5. The van der Waals surface area contributed by atoms with Crippen LogP contribution in [0.25, 0.3) is 11.2 Å². The summed E-state index contributed by atoms with van der Waals surface area (Å²) in [6.45, 7) is 6.47. The molecule has 1 atom stereocenters. The lowest BCUT2D eigenvalue weighted by atomic mass is 10.1. The van der Waals surface area contributed by atoms with E-state index in [1.54, 1.807) is 18.4 Å². The van der Waals surface area contributed by atoms with Crippen LogP contribution >= 0.6 is 11.3 Å². The van der Waals surface area contributed by atoms with E-state index in [0.717, 1.165) is 29.8 Å². The number of nitrogens with two attached hydrogens (primary N) is 1. The summed E-state index contributed by atoms with van der Waals surface area (Å²) < 4.78 is 4.79. The summed E-state index contributed by atoms with van der Waals surface area (Å²) in [7, 11) is 1.69. The Balaban J connectivity index is 1.87. The Morgan fingerprint density at radius 2 is 2.13 bits per heavy atom. The number of fused-ring (bicyclic) bond motifs is 1. The van der Waals surface area contributed by atoms with E-state index in [4.69, 9.17) is 10.7 Å². The molecule has 3 aromatic rings. The van der Waals surface area contributed by atoms with Crippen molar-refractivity contribution in [3.63, 3.8) is 0 Å². The molecule has 31 heavy (non-hydrogen) atoms. The Morgan fingerprint density at radius 3 is 2.81 bits per heavy atom. The number of thiophene rings is 1. The Kier molecular flexibility index (Phi) is 6.15. The van der Waals surface area contributed by atoms with Crippen LogP contribution in [0.15, 0.2) is 38.8 Å². The van der Waals surface area contributed by atoms with E-state index < -0.39 is 0 Å². The van der Waals surface area contributed by atoms with Crippen molar-refractivity contribution in [2.75, 3.05) is 18.0 Å². The zero-order valence-corrected chi connectivity index (χ0v) is 19.2. The highest BCUT2D eigenvalue weighted by Gasteiger charge is 2.26. The third kappa shape index (κ3) is 4.24. The van der Waals surface area contributed by atoms with E-state index in [9.17, 15) is 9.59 Å². The molecule has 4 heterocycles. The molecule has 1 saturated heterocycles. The van der Waals surface area contributed by atoms with Gasteiger partial charge in [-0.3, -0.25) is 13.9 Å². The molecule has 0 bridgehead atoms. The van der Waals surface area contributed by atoms with Gasteiger partial charge in [-0.25, -0.2) is 4.79 Å². The van der Waals surface area contributed by atoms with Crippen LogP contribution in [0.1, 0.15) is 31.6 Å². The predicted octanol–water partition coefficient (Wildman–Crippen LogP) is 2.09. The fraction of sp³-hybridized carbons (Fsp3) is 0.500. The lowest BCUT2D eigenvalue weighted by Gasteiger charge is -2.31. The average Bonchev–Trinajstić information content (AvgIpc) is 3.38. The first kappa shape index (κ1) is 21.6. The molecule has 0 saturated carbocycles. The molecule has 4 rings (SSSR count). The van der Waals surface area contributed by atoms with Crippen LogP contribution in [-0.2, 0) is 26.6 Å². The number of rotatable bonds is 6. The van der Waals surface area contributed by atoms with Crippen LogP contribution in [0, 0.1) is 0 Å². The standard InChI is InChI=1S/C22H30N6O2S/c1-15(2)8-11-27-18-19(24-21(27)26-10-4-6-16(23)14-26)25(3)22(30)28(20(18)29)12-9-17-7-5-13-31-17/h5,7-8,13,16H,4,6,9-12,14,23H2,1-3H3. The zero-order valence-electron chi connectivity index (χ0n) is 18.4. The van der Waals surface area contributed by atoms with Crippen molar-refractivity contribution in [3.8, 4) is 0 Å². The molecule has 166 valence electrons.